The van der Waals surface area contributed by atoms with Gasteiger partial charge in [0, 0.05) is 51.2 Å². The Labute approximate surface area is 209 Å². The third-order valence-electron chi connectivity index (χ3n) is 6.30. The molecule has 2 fully saturated rings. The Hall–Kier alpha value is -0.490. The van der Waals surface area contributed by atoms with Crippen molar-refractivity contribution in [1.29, 1.82) is 0 Å². The van der Waals surface area contributed by atoms with Crippen LogP contribution >= 0.6 is 35.3 Å². The van der Waals surface area contributed by atoms with Crippen LogP contribution in [0.15, 0.2) is 10.4 Å². The lowest BCUT2D eigenvalue weighted by molar-refractivity contribution is 0.00752. The first-order chi connectivity index (χ1) is 14.5. The summed E-state index contributed by atoms with van der Waals surface area (Å²) >= 11 is 1.75. The highest BCUT2D eigenvalue weighted by Gasteiger charge is 2.24. The zero-order valence-corrected chi connectivity index (χ0v) is 22.7. The molecule has 1 aromatic rings. The van der Waals surface area contributed by atoms with E-state index in [1.165, 1.54) is 18.5 Å². The Morgan fingerprint density at radius 3 is 2.52 bits per heavy atom. The molecule has 2 saturated heterocycles. The van der Waals surface area contributed by atoms with Crippen molar-refractivity contribution in [3.63, 3.8) is 0 Å². The molecule has 9 heteroatoms. The standard InChI is InChI=1S/C22H40N6OS.HI/c1-17(2)21(28-9-11-29-12-10-28)14-25-22(23-4)24-13-19-5-7-27(8-6-19)15-20-16-30-18(3)26-20;/h16-17,19,21H,5-15H2,1-4H3,(H2,23,24,25);1H. The van der Waals surface area contributed by atoms with E-state index in [1.807, 2.05) is 7.05 Å². The fourth-order valence-electron chi connectivity index (χ4n) is 4.42. The molecule has 2 N–H and O–H groups in total. The summed E-state index contributed by atoms with van der Waals surface area (Å²) in [6, 6.07) is 0.505. The van der Waals surface area contributed by atoms with Crippen molar-refractivity contribution >= 4 is 41.3 Å². The molecule has 1 aromatic heterocycles. The summed E-state index contributed by atoms with van der Waals surface area (Å²) in [6.07, 6.45) is 2.46. The fraction of sp³-hybridized carbons (Fsp3) is 0.818. The lowest BCUT2D eigenvalue weighted by Gasteiger charge is -2.37. The van der Waals surface area contributed by atoms with Gasteiger partial charge in [0.05, 0.1) is 23.9 Å². The molecule has 7 nitrogen and oxygen atoms in total. The number of nitrogens with zero attached hydrogens (tertiary/aromatic N) is 4. The number of hydrogen-bond acceptors (Lipinski definition) is 6. The average molecular weight is 565 g/mol. The zero-order chi connectivity index (χ0) is 21.3. The van der Waals surface area contributed by atoms with Gasteiger partial charge in [0.2, 0.25) is 0 Å². The maximum absolute atomic E-state index is 5.52. The van der Waals surface area contributed by atoms with Gasteiger partial charge >= 0.3 is 0 Å². The monoisotopic (exact) mass is 564 g/mol. The van der Waals surface area contributed by atoms with E-state index in [0.29, 0.717) is 17.9 Å². The number of halogens is 1. The van der Waals surface area contributed by atoms with Crippen molar-refractivity contribution in [3.8, 4) is 0 Å². The molecule has 0 radical (unpaired) electrons. The maximum atomic E-state index is 5.52. The van der Waals surface area contributed by atoms with Gasteiger partial charge in [-0.05, 0) is 44.7 Å². The second kappa shape index (κ2) is 13.9. The molecule has 0 aromatic carbocycles. The van der Waals surface area contributed by atoms with E-state index >= 15 is 0 Å². The summed E-state index contributed by atoms with van der Waals surface area (Å²) in [4.78, 5) is 14.1. The molecule has 178 valence electrons. The van der Waals surface area contributed by atoms with Crippen molar-refractivity contribution in [3.05, 3.63) is 16.1 Å². The zero-order valence-electron chi connectivity index (χ0n) is 19.6. The third kappa shape index (κ3) is 8.75. The molecule has 0 saturated carbocycles. The minimum Gasteiger partial charge on any atom is -0.379 e. The van der Waals surface area contributed by atoms with Crippen molar-refractivity contribution in [2.24, 2.45) is 16.8 Å². The summed E-state index contributed by atoms with van der Waals surface area (Å²) in [5.41, 5.74) is 1.22. The summed E-state index contributed by atoms with van der Waals surface area (Å²) in [5, 5.41) is 10.5. The molecule has 0 amide bonds. The number of piperidine rings is 1. The number of aryl methyl sites for hydroxylation is 1. The minimum absolute atomic E-state index is 0. The second-order valence-electron chi connectivity index (χ2n) is 8.87. The van der Waals surface area contributed by atoms with Gasteiger partial charge in [0.25, 0.3) is 0 Å². The summed E-state index contributed by atoms with van der Waals surface area (Å²) < 4.78 is 5.52. The van der Waals surface area contributed by atoms with Crippen molar-refractivity contribution in [2.45, 2.75) is 46.2 Å². The molecule has 3 heterocycles. The topological polar surface area (TPSA) is 65.0 Å². The number of ether oxygens (including phenoxy) is 1. The highest BCUT2D eigenvalue weighted by molar-refractivity contribution is 14.0. The normalized spacial score (nSPS) is 20.5. The molecule has 0 aliphatic carbocycles. The van der Waals surface area contributed by atoms with Crippen LogP contribution in [0.4, 0.5) is 0 Å². The minimum atomic E-state index is 0. The number of hydrogen-bond donors (Lipinski definition) is 2. The maximum Gasteiger partial charge on any atom is 0.191 e. The van der Waals surface area contributed by atoms with Gasteiger partial charge in [-0.3, -0.25) is 14.8 Å². The van der Waals surface area contributed by atoms with E-state index in [4.69, 9.17) is 4.74 Å². The average Bonchev–Trinajstić information content (AvgIpc) is 3.16. The van der Waals surface area contributed by atoms with Gasteiger partial charge in [-0.2, -0.15) is 0 Å². The summed E-state index contributed by atoms with van der Waals surface area (Å²) in [6.45, 7) is 15.6. The number of rotatable bonds is 8. The number of likely N-dealkylation sites (tertiary alicyclic amines) is 1. The van der Waals surface area contributed by atoms with Gasteiger partial charge < -0.3 is 15.4 Å². The number of morpholine rings is 1. The van der Waals surface area contributed by atoms with Gasteiger partial charge in [-0.15, -0.1) is 35.3 Å². The van der Waals surface area contributed by atoms with Crippen LogP contribution in [-0.2, 0) is 11.3 Å². The number of aliphatic imine (C=N–C) groups is 1. The van der Waals surface area contributed by atoms with Crippen molar-refractivity contribution in [2.75, 3.05) is 59.5 Å². The van der Waals surface area contributed by atoms with E-state index in [0.717, 1.165) is 70.0 Å². The Morgan fingerprint density at radius 2 is 1.94 bits per heavy atom. The fourth-order valence-corrected chi connectivity index (χ4v) is 5.02. The van der Waals surface area contributed by atoms with Crippen LogP contribution in [0.2, 0.25) is 0 Å². The molecular formula is C22H41IN6OS. The first-order valence-electron chi connectivity index (χ1n) is 11.4. The van der Waals surface area contributed by atoms with Gasteiger partial charge in [0.15, 0.2) is 5.96 Å². The molecule has 1 unspecified atom stereocenters. The predicted octanol–water partition coefficient (Wildman–Crippen LogP) is 2.80. The molecule has 0 bridgehead atoms. The van der Waals surface area contributed by atoms with Crippen molar-refractivity contribution in [1.82, 2.24) is 25.4 Å². The molecule has 2 aliphatic heterocycles. The van der Waals surface area contributed by atoms with Crippen molar-refractivity contribution < 1.29 is 4.74 Å². The van der Waals surface area contributed by atoms with Crippen LogP contribution in [0.5, 0.6) is 0 Å². The third-order valence-corrected chi connectivity index (χ3v) is 7.13. The Kier molecular flexibility index (Phi) is 12.0. The molecular weight excluding hydrogens is 523 g/mol. The van der Waals surface area contributed by atoms with E-state index in [9.17, 15) is 0 Å². The van der Waals surface area contributed by atoms with E-state index in [-0.39, 0.29) is 24.0 Å². The quantitative estimate of drug-likeness (QED) is 0.288. The van der Waals surface area contributed by atoms with Crippen LogP contribution in [-0.4, -0.2) is 86.3 Å². The summed E-state index contributed by atoms with van der Waals surface area (Å²) in [7, 11) is 1.87. The Bertz CT molecular complexity index is 656. The number of aromatic nitrogens is 1. The van der Waals surface area contributed by atoms with E-state index in [1.54, 1.807) is 11.3 Å². The van der Waals surface area contributed by atoms with Gasteiger partial charge in [0.1, 0.15) is 0 Å². The first kappa shape index (κ1) is 26.8. The first-order valence-corrected chi connectivity index (χ1v) is 12.3. The Morgan fingerprint density at radius 1 is 1.23 bits per heavy atom. The van der Waals surface area contributed by atoms with Gasteiger partial charge in [-0.25, -0.2) is 4.98 Å². The van der Waals surface area contributed by atoms with Crippen LogP contribution in [0, 0.1) is 18.8 Å². The van der Waals surface area contributed by atoms with Gasteiger partial charge in [-0.1, -0.05) is 13.8 Å². The highest BCUT2D eigenvalue weighted by atomic mass is 127. The molecule has 1 atom stereocenters. The lowest BCUT2D eigenvalue weighted by atomic mass is 9.97. The number of nitrogens with one attached hydrogen (secondary N) is 2. The second-order valence-corrected chi connectivity index (χ2v) is 9.93. The lowest BCUT2D eigenvalue weighted by Crippen LogP contribution is -2.53. The molecule has 3 rings (SSSR count). The molecule has 0 spiro atoms. The van der Waals surface area contributed by atoms with Crippen LogP contribution in [0.25, 0.3) is 0 Å². The predicted molar refractivity (Wildman–Crippen MR) is 141 cm³/mol. The smallest absolute Gasteiger partial charge is 0.191 e. The number of thiazole rings is 1. The van der Waals surface area contributed by atoms with E-state index in [2.05, 4.69) is 56.6 Å². The Balaban J connectivity index is 0.00000341. The van der Waals surface area contributed by atoms with Crippen LogP contribution in [0.1, 0.15) is 37.4 Å². The molecule has 31 heavy (non-hydrogen) atoms. The highest BCUT2D eigenvalue weighted by Crippen LogP contribution is 2.19. The molecule has 2 aliphatic rings. The van der Waals surface area contributed by atoms with Crippen LogP contribution < -0.4 is 10.6 Å². The summed E-state index contributed by atoms with van der Waals surface area (Å²) in [5.74, 6) is 2.23. The van der Waals surface area contributed by atoms with Crippen LogP contribution in [0.3, 0.4) is 0 Å². The number of guanidine groups is 1. The van der Waals surface area contributed by atoms with E-state index < -0.39 is 0 Å². The largest absolute Gasteiger partial charge is 0.379 e. The SMILES string of the molecule is CN=C(NCC1CCN(Cc2csc(C)n2)CC1)NCC(C(C)C)N1CCOCC1.I.